The molecule has 84 valence electrons. The van der Waals surface area contributed by atoms with Crippen LogP contribution >= 0.6 is 11.5 Å². The van der Waals surface area contributed by atoms with Gasteiger partial charge in [0.25, 0.3) is 0 Å². The van der Waals surface area contributed by atoms with Gasteiger partial charge in [-0.1, -0.05) is 0 Å². The molecule has 0 unspecified atom stereocenters. The van der Waals surface area contributed by atoms with Crippen molar-refractivity contribution < 1.29 is 4.74 Å². The summed E-state index contributed by atoms with van der Waals surface area (Å²) in [6.45, 7) is 5.99. The second kappa shape index (κ2) is 5.99. The van der Waals surface area contributed by atoms with E-state index in [4.69, 9.17) is 4.74 Å². The zero-order chi connectivity index (χ0) is 10.3. The average Bonchev–Trinajstić information content (AvgIpc) is 2.79. The Balaban J connectivity index is 1.54. The largest absolute Gasteiger partial charge is 0.379 e. The highest BCUT2D eigenvalue weighted by molar-refractivity contribution is 7.09. The van der Waals surface area contributed by atoms with E-state index in [-0.39, 0.29) is 0 Å². The summed E-state index contributed by atoms with van der Waals surface area (Å²) in [4.78, 5) is 6.50. The van der Waals surface area contributed by atoms with Crippen LogP contribution in [0.5, 0.6) is 0 Å². The smallest absolute Gasteiger partial charge is 0.202 e. The first kappa shape index (κ1) is 10.8. The molecule has 0 radical (unpaired) electrons. The first-order valence-corrected chi connectivity index (χ1v) is 6.03. The number of nitrogens with zero attached hydrogens (tertiary/aromatic N) is 3. The highest BCUT2D eigenvalue weighted by atomic mass is 32.1. The maximum Gasteiger partial charge on any atom is 0.202 e. The Hall–Kier alpha value is -0.720. The van der Waals surface area contributed by atoms with Gasteiger partial charge in [0.05, 0.1) is 13.2 Å². The lowest BCUT2D eigenvalue weighted by molar-refractivity contribution is 0.0378. The summed E-state index contributed by atoms with van der Waals surface area (Å²) in [5.41, 5.74) is 0. The van der Waals surface area contributed by atoms with Gasteiger partial charge >= 0.3 is 0 Å². The zero-order valence-electron chi connectivity index (χ0n) is 8.69. The predicted molar refractivity (Wildman–Crippen MR) is 60.3 cm³/mol. The minimum absolute atomic E-state index is 0.879. The lowest BCUT2D eigenvalue weighted by Crippen LogP contribution is -2.37. The van der Waals surface area contributed by atoms with E-state index in [1.807, 2.05) is 0 Å². The molecule has 0 aromatic carbocycles. The second-order valence-electron chi connectivity index (χ2n) is 3.48. The third-order valence-electron chi connectivity index (χ3n) is 2.39. The SMILES string of the molecule is c1nsc(NCCCN2CCOCC2)n1. The number of nitrogens with one attached hydrogen (secondary N) is 1. The zero-order valence-corrected chi connectivity index (χ0v) is 9.50. The minimum Gasteiger partial charge on any atom is -0.379 e. The van der Waals surface area contributed by atoms with Gasteiger partial charge in [0.1, 0.15) is 6.33 Å². The van der Waals surface area contributed by atoms with Crippen molar-refractivity contribution in [2.75, 3.05) is 44.7 Å². The molecule has 2 rings (SSSR count). The number of aromatic nitrogens is 2. The van der Waals surface area contributed by atoms with Crippen LogP contribution in [0.15, 0.2) is 6.33 Å². The van der Waals surface area contributed by atoms with Crippen molar-refractivity contribution in [2.24, 2.45) is 0 Å². The molecule has 0 aliphatic carbocycles. The molecule has 0 saturated carbocycles. The summed E-state index contributed by atoms with van der Waals surface area (Å²) in [5, 5.41) is 4.17. The molecule has 0 spiro atoms. The lowest BCUT2D eigenvalue weighted by Gasteiger charge is -2.26. The molecule has 1 aromatic heterocycles. The number of anilines is 1. The van der Waals surface area contributed by atoms with Crippen molar-refractivity contribution in [2.45, 2.75) is 6.42 Å². The predicted octanol–water partition coefficient (Wildman–Crippen LogP) is 0.672. The van der Waals surface area contributed by atoms with Crippen LogP contribution in [0.2, 0.25) is 0 Å². The Kier molecular flexibility index (Phi) is 4.31. The van der Waals surface area contributed by atoms with E-state index in [1.165, 1.54) is 11.5 Å². The maximum absolute atomic E-state index is 5.29. The van der Waals surface area contributed by atoms with Crippen molar-refractivity contribution in [3.63, 3.8) is 0 Å². The number of ether oxygens (including phenoxy) is 1. The van der Waals surface area contributed by atoms with Gasteiger partial charge in [0.2, 0.25) is 5.13 Å². The van der Waals surface area contributed by atoms with E-state index in [1.54, 1.807) is 6.33 Å². The molecule has 0 atom stereocenters. The molecule has 0 bridgehead atoms. The highest BCUT2D eigenvalue weighted by Crippen LogP contribution is 2.06. The molecule has 15 heavy (non-hydrogen) atoms. The lowest BCUT2D eigenvalue weighted by atomic mass is 10.3. The van der Waals surface area contributed by atoms with E-state index in [0.717, 1.165) is 50.9 Å². The second-order valence-corrected chi connectivity index (χ2v) is 4.26. The highest BCUT2D eigenvalue weighted by Gasteiger charge is 2.08. The average molecular weight is 228 g/mol. The summed E-state index contributed by atoms with van der Waals surface area (Å²) in [6, 6.07) is 0. The number of rotatable bonds is 5. The van der Waals surface area contributed by atoms with Crippen LogP contribution in [0.3, 0.4) is 0 Å². The van der Waals surface area contributed by atoms with E-state index >= 15 is 0 Å². The molecule has 5 nitrogen and oxygen atoms in total. The van der Waals surface area contributed by atoms with E-state index in [9.17, 15) is 0 Å². The van der Waals surface area contributed by atoms with Gasteiger partial charge in [-0.05, 0) is 13.0 Å². The number of hydrogen-bond donors (Lipinski definition) is 1. The van der Waals surface area contributed by atoms with Crippen LogP contribution in [0, 0.1) is 0 Å². The van der Waals surface area contributed by atoms with Crippen molar-refractivity contribution in [3.8, 4) is 0 Å². The first-order chi connectivity index (χ1) is 7.45. The van der Waals surface area contributed by atoms with Crippen LogP contribution in [-0.4, -0.2) is 53.7 Å². The standard InChI is InChI=1S/C9H16N4OS/c1(2-10-9-11-8-12-15-9)3-13-4-6-14-7-5-13/h8H,1-7H2,(H,10,11,12). The maximum atomic E-state index is 5.29. The Bertz CT molecular complexity index is 261. The summed E-state index contributed by atoms with van der Waals surface area (Å²) in [7, 11) is 0. The van der Waals surface area contributed by atoms with Gasteiger partial charge in [-0.2, -0.15) is 4.37 Å². The van der Waals surface area contributed by atoms with Crippen molar-refractivity contribution in [1.82, 2.24) is 14.3 Å². The van der Waals surface area contributed by atoms with Crippen molar-refractivity contribution >= 4 is 16.7 Å². The van der Waals surface area contributed by atoms with Crippen LogP contribution in [0.4, 0.5) is 5.13 Å². The Morgan fingerprint density at radius 3 is 3.07 bits per heavy atom. The fraction of sp³-hybridized carbons (Fsp3) is 0.778. The van der Waals surface area contributed by atoms with Crippen LogP contribution in [0.1, 0.15) is 6.42 Å². The molecule has 6 heteroatoms. The molecule has 2 heterocycles. The molecular weight excluding hydrogens is 212 g/mol. The Labute approximate surface area is 93.6 Å². The Morgan fingerprint density at radius 2 is 2.33 bits per heavy atom. The fourth-order valence-corrected chi connectivity index (χ4v) is 2.03. The quantitative estimate of drug-likeness (QED) is 0.751. The normalized spacial score (nSPS) is 17.9. The van der Waals surface area contributed by atoms with Gasteiger partial charge in [-0.3, -0.25) is 4.90 Å². The van der Waals surface area contributed by atoms with E-state index in [0.29, 0.717) is 0 Å². The summed E-state index contributed by atoms with van der Waals surface area (Å²) >= 11 is 1.40. The fourth-order valence-electron chi connectivity index (χ4n) is 1.57. The number of hydrogen-bond acceptors (Lipinski definition) is 6. The third-order valence-corrected chi connectivity index (χ3v) is 3.01. The van der Waals surface area contributed by atoms with Gasteiger partial charge in [-0.15, -0.1) is 0 Å². The van der Waals surface area contributed by atoms with Gasteiger partial charge < -0.3 is 10.1 Å². The van der Waals surface area contributed by atoms with Crippen LogP contribution in [-0.2, 0) is 4.74 Å². The Morgan fingerprint density at radius 1 is 1.47 bits per heavy atom. The number of morpholine rings is 1. The molecule has 1 saturated heterocycles. The van der Waals surface area contributed by atoms with E-state index < -0.39 is 0 Å². The molecule has 0 amide bonds. The van der Waals surface area contributed by atoms with Gasteiger partial charge in [0.15, 0.2) is 0 Å². The molecule has 1 aliphatic rings. The monoisotopic (exact) mass is 228 g/mol. The van der Waals surface area contributed by atoms with Crippen molar-refractivity contribution in [1.29, 1.82) is 0 Å². The topological polar surface area (TPSA) is 50.3 Å². The summed E-state index contributed by atoms with van der Waals surface area (Å²) in [6.07, 6.45) is 2.72. The molecule has 1 N–H and O–H groups in total. The minimum atomic E-state index is 0.879. The summed E-state index contributed by atoms with van der Waals surface area (Å²) < 4.78 is 9.22. The third kappa shape index (κ3) is 3.73. The van der Waals surface area contributed by atoms with E-state index in [2.05, 4.69) is 19.6 Å². The van der Waals surface area contributed by atoms with Crippen LogP contribution < -0.4 is 5.32 Å². The van der Waals surface area contributed by atoms with Gasteiger partial charge in [0, 0.05) is 31.2 Å². The summed E-state index contributed by atoms with van der Waals surface area (Å²) in [5.74, 6) is 0. The first-order valence-electron chi connectivity index (χ1n) is 5.26. The molecule has 1 aromatic rings. The van der Waals surface area contributed by atoms with Crippen LogP contribution in [0.25, 0.3) is 0 Å². The molecular formula is C9H16N4OS. The van der Waals surface area contributed by atoms with Gasteiger partial charge in [-0.25, -0.2) is 4.98 Å². The molecule has 1 aliphatic heterocycles. The molecule has 1 fully saturated rings. The van der Waals surface area contributed by atoms with Crippen molar-refractivity contribution in [3.05, 3.63) is 6.33 Å².